The molecule has 0 aliphatic carbocycles. The van der Waals surface area contributed by atoms with Gasteiger partial charge in [-0.1, -0.05) is 18.2 Å². The van der Waals surface area contributed by atoms with Crippen molar-refractivity contribution in [2.24, 2.45) is 0 Å². The van der Waals surface area contributed by atoms with Gasteiger partial charge in [-0.05, 0) is 34.8 Å². The number of rotatable bonds is 12. The van der Waals surface area contributed by atoms with Crippen molar-refractivity contribution in [2.75, 3.05) is 27.2 Å². The fourth-order valence-corrected chi connectivity index (χ4v) is 3.20. The predicted octanol–water partition coefficient (Wildman–Crippen LogP) is 3.06. The number of carbonyl (C=O) groups is 3. The number of unbranched alkanes of at least 4 members (excludes halogenated alkanes) is 1. The molecule has 1 amide bonds. The highest BCUT2D eigenvalue weighted by Crippen LogP contribution is 2.20. The van der Waals surface area contributed by atoms with Crippen LogP contribution >= 0.6 is 15.9 Å². The molecule has 7 heteroatoms. The van der Waals surface area contributed by atoms with Gasteiger partial charge in [0.15, 0.2) is 6.29 Å². The maximum Gasteiger partial charge on any atom is 0.303 e. The monoisotopic (exact) mass is 427 g/mol. The van der Waals surface area contributed by atoms with Crippen LogP contribution in [0.15, 0.2) is 24.3 Å². The molecule has 1 unspecified atom stereocenters. The first-order chi connectivity index (χ1) is 12.3. The molecule has 2 N–H and O–H groups in total. The van der Waals surface area contributed by atoms with Crippen molar-refractivity contribution in [3.63, 3.8) is 0 Å². The standard InChI is InChI=1S/C19H27BrN2O4/c1-22(2,17(20)10-5-6-11-18(24)25)13-7-12-21-19(26)16-9-4-3-8-15(16)14-23/h3-4,8-9,14,17H,5-7,10-13H2,1-2H3,(H-,21,24,25,26)/p+1. The zero-order chi connectivity index (χ0) is 19.6. The smallest absolute Gasteiger partial charge is 0.303 e. The van der Waals surface area contributed by atoms with Crippen molar-refractivity contribution < 1.29 is 24.0 Å². The summed E-state index contributed by atoms with van der Waals surface area (Å²) in [5, 5.41) is 11.5. The Kier molecular flexibility index (Phi) is 9.51. The van der Waals surface area contributed by atoms with Gasteiger partial charge in [-0.15, -0.1) is 0 Å². The first-order valence-corrected chi connectivity index (χ1v) is 9.70. The second-order valence-corrected chi connectivity index (χ2v) is 7.95. The number of nitrogens with zero attached hydrogens (tertiary/aromatic N) is 1. The minimum atomic E-state index is -0.753. The van der Waals surface area contributed by atoms with E-state index in [0.29, 0.717) is 30.4 Å². The summed E-state index contributed by atoms with van der Waals surface area (Å²) >= 11 is 3.70. The topological polar surface area (TPSA) is 83.5 Å². The Hall–Kier alpha value is -1.73. The molecule has 0 heterocycles. The lowest BCUT2D eigenvalue weighted by Crippen LogP contribution is -2.47. The number of nitrogens with one attached hydrogen (secondary N) is 1. The summed E-state index contributed by atoms with van der Waals surface area (Å²) in [6, 6.07) is 6.74. The molecule has 0 radical (unpaired) electrons. The maximum absolute atomic E-state index is 12.2. The predicted molar refractivity (Wildman–Crippen MR) is 105 cm³/mol. The van der Waals surface area contributed by atoms with Crippen molar-refractivity contribution in [3.05, 3.63) is 35.4 Å². The first-order valence-electron chi connectivity index (χ1n) is 8.79. The first kappa shape index (κ1) is 22.3. The van der Waals surface area contributed by atoms with E-state index in [1.807, 2.05) is 0 Å². The van der Waals surface area contributed by atoms with Crippen LogP contribution in [0.25, 0.3) is 0 Å². The summed E-state index contributed by atoms with van der Waals surface area (Å²) in [6.07, 6.45) is 4.15. The fraction of sp³-hybridized carbons (Fsp3) is 0.526. The van der Waals surface area contributed by atoms with E-state index in [1.165, 1.54) is 0 Å². The van der Waals surface area contributed by atoms with Crippen LogP contribution in [-0.4, -0.2) is 59.9 Å². The molecular formula is C19H28BrN2O4+. The van der Waals surface area contributed by atoms with E-state index >= 15 is 0 Å². The Labute approximate surface area is 163 Å². The molecule has 144 valence electrons. The van der Waals surface area contributed by atoms with E-state index in [-0.39, 0.29) is 17.3 Å². The third-order valence-corrected chi connectivity index (χ3v) is 5.94. The number of aldehydes is 1. The van der Waals surface area contributed by atoms with Crippen LogP contribution in [0.5, 0.6) is 0 Å². The number of carbonyl (C=O) groups excluding carboxylic acids is 2. The average Bonchev–Trinajstić information content (AvgIpc) is 2.61. The molecule has 1 atom stereocenters. The Morgan fingerprint density at radius 1 is 1.23 bits per heavy atom. The van der Waals surface area contributed by atoms with Gasteiger partial charge >= 0.3 is 5.97 Å². The lowest BCUT2D eigenvalue weighted by molar-refractivity contribution is -0.899. The highest BCUT2D eigenvalue weighted by atomic mass is 79.9. The van der Waals surface area contributed by atoms with Gasteiger partial charge in [-0.25, -0.2) is 0 Å². The molecule has 0 saturated carbocycles. The van der Waals surface area contributed by atoms with E-state index in [9.17, 15) is 14.4 Å². The molecular weight excluding hydrogens is 400 g/mol. The molecule has 0 fully saturated rings. The second kappa shape index (κ2) is 11.1. The van der Waals surface area contributed by atoms with Gasteiger partial charge in [-0.3, -0.25) is 14.4 Å². The fourth-order valence-electron chi connectivity index (χ4n) is 2.67. The van der Waals surface area contributed by atoms with Crippen molar-refractivity contribution in [3.8, 4) is 0 Å². The van der Waals surface area contributed by atoms with Gasteiger partial charge in [0.1, 0.15) is 4.95 Å². The normalized spacial score (nSPS) is 12.4. The van der Waals surface area contributed by atoms with Crippen molar-refractivity contribution >= 4 is 34.1 Å². The third kappa shape index (κ3) is 7.66. The molecule has 26 heavy (non-hydrogen) atoms. The second-order valence-electron chi connectivity index (χ2n) is 6.89. The summed E-state index contributed by atoms with van der Waals surface area (Å²) in [5.41, 5.74) is 0.788. The van der Waals surface area contributed by atoms with Crippen LogP contribution in [0.3, 0.4) is 0 Å². The quantitative estimate of drug-likeness (QED) is 0.176. The van der Waals surface area contributed by atoms with E-state index in [2.05, 4.69) is 35.3 Å². The number of hydrogen-bond acceptors (Lipinski definition) is 3. The van der Waals surface area contributed by atoms with E-state index in [1.54, 1.807) is 24.3 Å². The van der Waals surface area contributed by atoms with Crippen LogP contribution in [0.1, 0.15) is 52.8 Å². The number of carboxylic acids is 1. The summed E-state index contributed by atoms with van der Waals surface area (Å²) in [7, 11) is 4.22. The zero-order valence-electron chi connectivity index (χ0n) is 15.4. The SMILES string of the molecule is C[N+](C)(CCCNC(=O)c1ccccc1C=O)C(Br)CCCCC(=O)O. The number of carboxylic acid groups (broad SMARTS) is 1. The van der Waals surface area contributed by atoms with Gasteiger partial charge < -0.3 is 14.9 Å². The third-order valence-electron chi connectivity index (χ3n) is 4.37. The van der Waals surface area contributed by atoms with Gasteiger partial charge in [0.2, 0.25) is 0 Å². The Bertz CT molecular complexity index is 619. The van der Waals surface area contributed by atoms with Crippen LogP contribution in [0.4, 0.5) is 0 Å². The maximum atomic E-state index is 12.2. The largest absolute Gasteiger partial charge is 0.481 e. The van der Waals surface area contributed by atoms with Crippen LogP contribution in [-0.2, 0) is 4.79 Å². The summed E-state index contributed by atoms with van der Waals surface area (Å²) in [4.78, 5) is 34.0. The van der Waals surface area contributed by atoms with Crippen LogP contribution < -0.4 is 5.32 Å². The molecule has 0 saturated heterocycles. The van der Waals surface area contributed by atoms with E-state index in [0.717, 1.165) is 30.3 Å². The number of benzene rings is 1. The number of amides is 1. The van der Waals surface area contributed by atoms with Crippen molar-refractivity contribution in [1.29, 1.82) is 0 Å². The molecule has 6 nitrogen and oxygen atoms in total. The lowest BCUT2D eigenvalue weighted by atomic mass is 10.1. The minimum Gasteiger partial charge on any atom is -0.481 e. The van der Waals surface area contributed by atoms with Crippen LogP contribution in [0.2, 0.25) is 0 Å². The molecule has 0 aliphatic rings. The van der Waals surface area contributed by atoms with Crippen molar-refractivity contribution in [2.45, 2.75) is 37.1 Å². The Morgan fingerprint density at radius 2 is 1.92 bits per heavy atom. The van der Waals surface area contributed by atoms with Crippen molar-refractivity contribution in [1.82, 2.24) is 5.32 Å². The number of alkyl halides is 1. The van der Waals surface area contributed by atoms with Gasteiger partial charge in [-0.2, -0.15) is 0 Å². The van der Waals surface area contributed by atoms with E-state index < -0.39 is 5.97 Å². The Balaban J connectivity index is 2.35. The molecule has 0 spiro atoms. The van der Waals surface area contributed by atoms with E-state index in [4.69, 9.17) is 5.11 Å². The molecule has 0 bridgehead atoms. The average molecular weight is 428 g/mol. The number of aliphatic carboxylic acids is 1. The summed E-state index contributed by atoms with van der Waals surface area (Å²) < 4.78 is 0.744. The minimum absolute atomic E-state index is 0.210. The zero-order valence-corrected chi connectivity index (χ0v) is 17.0. The lowest BCUT2D eigenvalue weighted by Gasteiger charge is -2.35. The molecule has 0 aromatic heterocycles. The Morgan fingerprint density at radius 3 is 2.58 bits per heavy atom. The molecule has 0 aliphatic heterocycles. The molecule has 1 rings (SSSR count). The highest BCUT2D eigenvalue weighted by molar-refractivity contribution is 9.09. The number of halogens is 1. The van der Waals surface area contributed by atoms with Crippen LogP contribution in [0, 0.1) is 0 Å². The van der Waals surface area contributed by atoms with Gasteiger partial charge in [0.25, 0.3) is 5.91 Å². The molecule has 1 aromatic carbocycles. The molecule has 1 aromatic rings. The number of hydrogen-bond donors (Lipinski definition) is 2. The van der Waals surface area contributed by atoms with Gasteiger partial charge in [0, 0.05) is 36.9 Å². The van der Waals surface area contributed by atoms with Gasteiger partial charge in [0.05, 0.1) is 20.6 Å². The number of quaternary nitrogens is 1. The summed E-state index contributed by atoms with van der Waals surface area (Å²) in [6.45, 7) is 1.40. The summed E-state index contributed by atoms with van der Waals surface area (Å²) in [5.74, 6) is -0.987. The highest BCUT2D eigenvalue weighted by Gasteiger charge is 2.24.